The first-order chi connectivity index (χ1) is 18.7. The van der Waals surface area contributed by atoms with E-state index in [9.17, 15) is 4.79 Å². The van der Waals surface area contributed by atoms with Crippen molar-refractivity contribution in [3.63, 3.8) is 0 Å². The molecule has 0 spiro atoms. The lowest BCUT2D eigenvalue weighted by atomic mass is 9.93. The molecule has 1 saturated heterocycles. The molecule has 0 unspecified atom stereocenters. The summed E-state index contributed by atoms with van der Waals surface area (Å²) in [5.41, 5.74) is 12.1. The molecular formula is C28H24N8O2. The second-order valence-electron chi connectivity index (χ2n) is 9.45. The number of nitrogens with zero attached hydrogens (tertiary/aromatic N) is 5. The van der Waals surface area contributed by atoms with Crippen LogP contribution in [0.15, 0.2) is 72.2 Å². The zero-order chi connectivity index (χ0) is 25.6. The second kappa shape index (κ2) is 8.93. The average molecular weight is 505 g/mol. The van der Waals surface area contributed by atoms with E-state index in [0.717, 1.165) is 59.2 Å². The molecule has 1 aliphatic heterocycles. The van der Waals surface area contributed by atoms with Gasteiger partial charge in [0.25, 0.3) is 5.56 Å². The summed E-state index contributed by atoms with van der Waals surface area (Å²) in [4.78, 5) is 25.6. The molecule has 0 amide bonds. The highest BCUT2D eigenvalue weighted by molar-refractivity contribution is 6.09. The van der Waals surface area contributed by atoms with Crippen LogP contribution in [0.3, 0.4) is 0 Å². The number of fused-ring (bicyclic) bond motifs is 2. The minimum absolute atomic E-state index is 0.263. The molecule has 38 heavy (non-hydrogen) atoms. The molecule has 10 heteroatoms. The first kappa shape index (κ1) is 22.4. The van der Waals surface area contributed by atoms with Crippen molar-refractivity contribution >= 4 is 27.5 Å². The summed E-state index contributed by atoms with van der Waals surface area (Å²) in [6.07, 6.45) is 10.8. The molecule has 188 valence electrons. The Kier molecular flexibility index (Phi) is 5.26. The molecule has 0 radical (unpaired) electrons. The molecule has 4 N–H and O–H groups in total. The maximum atomic E-state index is 13.6. The molecule has 0 aliphatic carbocycles. The van der Waals surface area contributed by atoms with Crippen LogP contribution in [0.25, 0.3) is 55.4 Å². The van der Waals surface area contributed by atoms with Gasteiger partial charge in [-0.15, -0.1) is 0 Å². The number of pyridine rings is 1. The highest BCUT2D eigenvalue weighted by Crippen LogP contribution is 2.40. The van der Waals surface area contributed by atoms with E-state index in [1.54, 1.807) is 24.7 Å². The summed E-state index contributed by atoms with van der Waals surface area (Å²) in [5.74, 6) is 0.428. The van der Waals surface area contributed by atoms with Crippen LogP contribution >= 0.6 is 0 Å². The fourth-order valence-corrected chi connectivity index (χ4v) is 5.26. The summed E-state index contributed by atoms with van der Waals surface area (Å²) in [6, 6.07) is 11.8. The van der Waals surface area contributed by atoms with Gasteiger partial charge in [-0.2, -0.15) is 10.2 Å². The Balaban J connectivity index is 1.50. The summed E-state index contributed by atoms with van der Waals surface area (Å²) in [5, 5.41) is 13.1. The summed E-state index contributed by atoms with van der Waals surface area (Å²) >= 11 is 0. The van der Waals surface area contributed by atoms with Gasteiger partial charge >= 0.3 is 0 Å². The van der Waals surface area contributed by atoms with Crippen LogP contribution in [0.1, 0.15) is 18.9 Å². The number of aromatic nitrogens is 7. The molecule has 5 heterocycles. The van der Waals surface area contributed by atoms with Gasteiger partial charge in [0, 0.05) is 59.4 Å². The number of nitrogen functional groups attached to an aromatic ring is 1. The fraction of sp³-hybridized carbons (Fsp3) is 0.179. The third-order valence-corrected chi connectivity index (χ3v) is 7.21. The van der Waals surface area contributed by atoms with Gasteiger partial charge < -0.3 is 15.5 Å². The van der Waals surface area contributed by atoms with Gasteiger partial charge in [-0.25, -0.2) is 4.98 Å². The summed E-state index contributed by atoms with van der Waals surface area (Å²) < 4.78 is 7.52. The molecule has 0 saturated carbocycles. The second-order valence-corrected chi connectivity index (χ2v) is 9.45. The van der Waals surface area contributed by atoms with E-state index in [1.807, 2.05) is 47.4 Å². The van der Waals surface area contributed by atoms with Crippen LogP contribution < -0.4 is 11.3 Å². The minimum atomic E-state index is -0.314. The van der Waals surface area contributed by atoms with Crippen molar-refractivity contribution in [1.29, 1.82) is 0 Å². The Labute approximate surface area is 216 Å². The molecular weight excluding hydrogens is 480 g/mol. The molecule has 0 bridgehead atoms. The van der Waals surface area contributed by atoms with Crippen molar-refractivity contribution in [2.75, 3.05) is 18.9 Å². The maximum absolute atomic E-state index is 13.6. The standard InChI is InChI=1S/C28H24N8O2/c29-25-21(19-4-1-5-23-22(19)14-31-35-23)11-20(17-13-32-36(15-17)18-6-9-38-10-7-18)26-24(25)28(37)34-27(33-26)16-3-2-8-30-12-16/h1-5,8,11-15,18H,6-7,9-10,29H2,(H,31,35)(H,33,34,37). The van der Waals surface area contributed by atoms with Crippen molar-refractivity contribution in [3.8, 4) is 33.6 Å². The number of anilines is 1. The van der Waals surface area contributed by atoms with Gasteiger partial charge in [-0.1, -0.05) is 12.1 Å². The Morgan fingerprint density at radius 3 is 2.74 bits per heavy atom. The third-order valence-electron chi connectivity index (χ3n) is 7.21. The number of hydrogen-bond donors (Lipinski definition) is 3. The van der Waals surface area contributed by atoms with E-state index in [1.165, 1.54) is 0 Å². The van der Waals surface area contributed by atoms with Gasteiger partial charge in [0.05, 0.1) is 40.5 Å². The molecule has 7 rings (SSSR count). The molecule has 2 aromatic carbocycles. The number of nitrogens with one attached hydrogen (secondary N) is 2. The molecule has 1 fully saturated rings. The smallest absolute Gasteiger partial charge is 0.261 e. The maximum Gasteiger partial charge on any atom is 0.261 e. The van der Waals surface area contributed by atoms with Crippen molar-refractivity contribution in [1.82, 2.24) is 34.9 Å². The average Bonchev–Trinajstić information content (AvgIpc) is 3.64. The van der Waals surface area contributed by atoms with Crippen molar-refractivity contribution in [2.24, 2.45) is 0 Å². The number of H-pyrrole nitrogens is 2. The predicted octanol–water partition coefficient (Wildman–Crippen LogP) is 4.33. The SMILES string of the molecule is Nc1c(-c2cccc3[nH]ncc23)cc(-c2cnn(C3CCOCC3)c2)c2nc(-c3cccnc3)[nH]c(=O)c12. The number of ether oxygens (including phenoxy) is 1. The first-order valence-electron chi connectivity index (χ1n) is 12.5. The molecule has 4 aromatic heterocycles. The molecule has 1 aliphatic rings. The largest absolute Gasteiger partial charge is 0.398 e. The van der Waals surface area contributed by atoms with Crippen molar-refractivity contribution in [3.05, 3.63) is 77.7 Å². The molecule has 10 nitrogen and oxygen atoms in total. The Morgan fingerprint density at radius 1 is 1.00 bits per heavy atom. The Morgan fingerprint density at radius 2 is 1.89 bits per heavy atom. The monoisotopic (exact) mass is 504 g/mol. The number of rotatable bonds is 4. The summed E-state index contributed by atoms with van der Waals surface area (Å²) in [6.45, 7) is 1.43. The molecule has 0 atom stereocenters. The fourth-order valence-electron chi connectivity index (χ4n) is 5.26. The summed E-state index contributed by atoms with van der Waals surface area (Å²) in [7, 11) is 0. The number of nitrogens with two attached hydrogens (primary N) is 1. The van der Waals surface area contributed by atoms with Gasteiger partial charge in [-0.3, -0.25) is 19.6 Å². The minimum Gasteiger partial charge on any atom is -0.398 e. The molecule has 6 aromatic rings. The predicted molar refractivity (Wildman–Crippen MR) is 145 cm³/mol. The van der Waals surface area contributed by atoms with E-state index in [2.05, 4.69) is 25.3 Å². The van der Waals surface area contributed by atoms with Crippen LogP contribution in [0.5, 0.6) is 0 Å². The van der Waals surface area contributed by atoms with E-state index in [-0.39, 0.29) is 11.6 Å². The van der Waals surface area contributed by atoms with E-state index < -0.39 is 0 Å². The first-order valence-corrected chi connectivity index (χ1v) is 12.5. The highest BCUT2D eigenvalue weighted by atomic mass is 16.5. The lowest BCUT2D eigenvalue weighted by Crippen LogP contribution is -2.19. The zero-order valence-electron chi connectivity index (χ0n) is 20.4. The lowest BCUT2D eigenvalue weighted by Gasteiger charge is -2.22. The number of benzene rings is 2. The van der Waals surface area contributed by atoms with Crippen LogP contribution in [0.2, 0.25) is 0 Å². The highest BCUT2D eigenvalue weighted by Gasteiger charge is 2.22. The van der Waals surface area contributed by atoms with Crippen LogP contribution in [0.4, 0.5) is 5.69 Å². The van der Waals surface area contributed by atoms with Crippen LogP contribution in [-0.2, 0) is 4.74 Å². The van der Waals surface area contributed by atoms with Gasteiger partial charge in [-0.05, 0) is 42.7 Å². The quantitative estimate of drug-likeness (QED) is 0.304. The number of aromatic amines is 2. The normalized spacial score (nSPS) is 14.4. The third kappa shape index (κ3) is 3.65. The lowest BCUT2D eigenvalue weighted by molar-refractivity contribution is 0.0662. The van der Waals surface area contributed by atoms with Crippen LogP contribution in [0, 0.1) is 0 Å². The van der Waals surface area contributed by atoms with Gasteiger partial charge in [0.1, 0.15) is 5.82 Å². The Hall–Kier alpha value is -4.83. The van der Waals surface area contributed by atoms with Crippen molar-refractivity contribution < 1.29 is 4.74 Å². The number of hydrogen-bond acceptors (Lipinski definition) is 7. The Bertz CT molecular complexity index is 1850. The van der Waals surface area contributed by atoms with Crippen LogP contribution in [-0.4, -0.2) is 48.1 Å². The topological polar surface area (TPSA) is 140 Å². The van der Waals surface area contributed by atoms with Gasteiger partial charge in [0.15, 0.2) is 0 Å². The van der Waals surface area contributed by atoms with E-state index >= 15 is 0 Å². The zero-order valence-corrected chi connectivity index (χ0v) is 20.4. The van der Waals surface area contributed by atoms with E-state index in [0.29, 0.717) is 28.0 Å². The van der Waals surface area contributed by atoms with E-state index in [4.69, 9.17) is 15.5 Å². The van der Waals surface area contributed by atoms with Gasteiger partial charge in [0.2, 0.25) is 0 Å². The van der Waals surface area contributed by atoms with Crippen molar-refractivity contribution in [2.45, 2.75) is 18.9 Å².